The van der Waals surface area contributed by atoms with Gasteiger partial charge in [0, 0.05) is 37.5 Å². The molecule has 1 heterocycles. The minimum absolute atomic E-state index is 0.0599. The number of ether oxygens (including phenoxy) is 2. The van der Waals surface area contributed by atoms with Gasteiger partial charge >= 0.3 is 5.97 Å². The summed E-state index contributed by atoms with van der Waals surface area (Å²) in [5, 5.41) is 6.37. The average molecular weight is 855 g/mol. The van der Waals surface area contributed by atoms with Gasteiger partial charge in [-0.15, -0.1) is 11.8 Å². The van der Waals surface area contributed by atoms with Crippen molar-refractivity contribution in [3.63, 3.8) is 0 Å². The third kappa shape index (κ3) is 14.5. The highest BCUT2D eigenvalue weighted by molar-refractivity contribution is 8.00. The summed E-state index contributed by atoms with van der Waals surface area (Å²) >= 11 is 1.61. The minimum atomic E-state index is -0.936. The molecule has 1 amide bonds. The molecule has 0 aliphatic carbocycles. The quantitative estimate of drug-likeness (QED) is 0.0258. The number of hydrogen-bond acceptors (Lipinski definition) is 10. The number of rotatable bonds is 25. The first-order valence-corrected chi connectivity index (χ1v) is 22.5. The van der Waals surface area contributed by atoms with Crippen molar-refractivity contribution in [1.29, 1.82) is 0 Å². The van der Waals surface area contributed by atoms with Crippen LogP contribution in [0.25, 0.3) is 0 Å². The minimum Gasteiger partial charge on any atom is -0.460 e. The van der Waals surface area contributed by atoms with E-state index in [0.29, 0.717) is 38.1 Å². The van der Waals surface area contributed by atoms with Crippen molar-refractivity contribution in [3.05, 3.63) is 108 Å². The van der Waals surface area contributed by atoms with E-state index in [1.807, 2.05) is 82.3 Å². The summed E-state index contributed by atoms with van der Waals surface area (Å²) in [6, 6.07) is 29.0. The number of nitrogens with one attached hydrogen (secondary N) is 2. The summed E-state index contributed by atoms with van der Waals surface area (Å²) in [6.07, 6.45) is 1.74. The van der Waals surface area contributed by atoms with Gasteiger partial charge in [0.05, 0.1) is 47.3 Å². The molecule has 0 radical (unpaired) electrons. The second kappa shape index (κ2) is 23.0. The number of Topliss-reactive ketones (excluding diaryl/α,β-unsaturated/α-hetero) is 3. The summed E-state index contributed by atoms with van der Waals surface area (Å²) in [5.74, 6) is -1.74. The van der Waals surface area contributed by atoms with E-state index >= 15 is 0 Å². The molecule has 12 heteroatoms. The first-order valence-electron chi connectivity index (χ1n) is 21.5. The Morgan fingerprint density at radius 1 is 0.836 bits per heavy atom. The van der Waals surface area contributed by atoms with Gasteiger partial charge < -0.3 is 20.5 Å². The van der Waals surface area contributed by atoms with E-state index in [4.69, 9.17) is 15.2 Å². The highest BCUT2D eigenvalue weighted by Gasteiger charge is 2.44. The van der Waals surface area contributed by atoms with Crippen LogP contribution in [0.1, 0.15) is 110 Å². The molecule has 1 aliphatic heterocycles. The van der Waals surface area contributed by atoms with Gasteiger partial charge in [-0.25, -0.2) is 0 Å². The predicted molar refractivity (Wildman–Crippen MR) is 243 cm³/mol. The molecule has 4 N–H and O–H groups in total. The molecule has 61 heavy (non-hydrogen) atoms. The molecule has 1 aliphatic rings. The number of esters is 1. The van der Waals surface area contributed by atoms with Crippen molar-refractivity contribution < 1.29 is 33.4 Å². The maximum atomic E-state index is 14.8. The zero-order valence-electron chi connectivity index (χ0n) is 37.0. The SMILES string of the molecule is CC[C@H](C)C(=O)N[C@@H](CC(C)=O)C(=O)CCC1(N[C@@H](CCCN=C(C)N)C(=O)C[C@@H](CSC(c2ccccc2)(c2ccccc2)c2ccccc2)C(=O)OC(C)(C)C)COC1. The Balaban J connectivity index is 1.65. The van der Waals surface area contributed by atoms with Crippen LogP contribution < -0.4 is 16.4 Å². The largest absolute Gasteiger partial charge is 0.460 e. The van der Waals surface area contributed by atoms with Gasteiger partial charge in [0.15, 0.2) is 11.6 Å². The number of amides is 1. The van der Waals surface area contributed by atoms with Crippen LogP contribution >= 0.6 is 11.8 Å². The van der Waals surface area contributed by atoms with Crippen molar-refractivity contribution in [2.45, 2.75) is 121 Å². The summed E-state index contributed by atoms with van der Waals surface area (Å²) in [6.45, 7) is 13.2. The number of benzene rings is 3. The summed E-state index contributed by atoms with van der Waals surface area (Å²) < 4.78 is 11.0. The number of amidine groups is 1. The predicted octanol–water partition coefficient (Wildman–Crippen LogP) is 7.37. The number of carbonyl (C=O) groups excluding carboxylic acids is 5. The summed E-state index contributed by atoms with van der Waals surface area (Å²) in [7, 11) is 0. The monoisotopic (exact) mass is 854 g/mol. The van der Waals surface area contributed by atoms with Crippen molar-refractivity contribution >= 4 is 46.8 Å². The Hall–Kier alpha value is -4.65. The Kier molecular flexibility index (Phi) is 18.5. The van der Waals surface area contributed by atoms with Gasteiger partial charge in [0.1, 0.15) is 11.4 Å². The van der Waals surface area contributed by atoms with Crippen LogP contribution in [-0.2, 0) is 38.2 Å². The van der Waals surface area contributed by atoms with Crippen LogP contribution in [0.3, 0.4) is 0 Å². The van der Waals surface area contributed by atoms with Crippen LogP contribution in [0.4, 0.5) is 0 Å². The van der Waals surface area contributed by atoms with Gasteiger partial charge in [0.25, 0.3) is 0 Å². The first-order chi connectivity index (χ1) is 29.0. The molecule has 0 spiro atoms. The molecule has 11 nitrogen and oxygen atoms in total. The zero-order valence-corrected chi connectivity index (χ0v) is 37.9. The lowest BCUT2D eigenvalue weighted by Gasteiger charge is -2.45. The topological polar surface area (TPSA) is 166 Å². The number of ketones is 3. The fourth-order valence-electron chi connectivity index (χ4n) is 7.43. The van der Waals surface area contributed by atoms with Crippen LogP contribution in [-0.4, -0.2) is 83.8 Å². The highest BCUT2D eigenvalue weighted by atomic mass is 32.2. The Bertz CT molecular complexity index is 1830. The van der Waals surface area contributed by atoms with Gasteiger partial charge in [0.2, 0.25) is 5.91 Å². The molecular weight excluding hydrogens is 789 g/mol. The van der Waals surface area contributed by atoms with E-state index in [2.05, 4.69) is 52.0 Å². The van der Waals surface area contributed by atoms with Crippen molar-refractivity contribution in [3.8, 4) is 0 Å². The lowest BCUT2D eigenvalue weighted by Crippen LogP contribution is -2.65. The van der Waals surface area contributed by atoms with Gasteiger partial charge in [-0.1, -0.05) is 105 Å². The fraction of sp³-hybridized carbons (Fsp3) is 0.510. The standard InChI is InChI=1S/C49H66N4O7S/c1-8-34(2)45(57)52-42(29-35(3)54)43(55)26-27-48(32-59-33-48)53-41(25-18-28-51-36(4)50)44(56)30-37(46(58)60-47(5,6)7)31-61-49(38-19-12-9-13-20-38,39-21-14-10-15-22-39)40-23-16-11-17-24-40/h9-17,19-24,34,37,41-42,53H,8,18,25-33H2,1-7H3,(H2,50,51)(H,52,57)/t34-,37-,41-,42-/m0/s1. The third-order valence-corrected chi connectivity index (χ3v) is 12.7. The second-order valence-corrected chi connectivity index (χ2v) is 18.6. The van der Waals surface area contributed by atoms with E-state index in [1.165, 1.54) is 6.92 Å². The number of carbonyl (C=O) groups is 5. The van der Waals surface area contributed by atoms with Crippen molar-refractivity contribution in [1.82, 2.24) is 10.6 Å². The molecule has 1 fully saturated rings. The van der Waals surface area contributed by atoms with Crippen molar-refractivity contribution in [2.75, 3.05) is 25.5 Å². The maximum absolute atomic E-state index is 14.8. The number of thioether (sulfide) groups is 1. The molecule has 1 saturated heterocycles. The molecule has 3 aromatic carbocycles. The van der Waals surface area contributed by atoms with E-state index in [9.17, 15) is 24.0 Å². The number of nitrogens with zero attached hydrogens (tertiary/aromatic N) is 1. The lowest BCUT2D eigenvalue weighted by atomic mass is 9.84. The number of aliphatic imine (C=N–C) groups is 1. The van der Waals surface area contributed by atoms with E-state index in [1.54, 1.807) is 25.6 Å². The number of hydrogen-bond donors (Lipinski definition) is 3. The smallest absolute Gasteiger partial charge is 0.310 e. The zero-order chi connectivity index (χ0) is 44.6. The fourth-order valence-corrected chi connectivity index (χ4v) is 9.04. The summed E-state index contributed by atoms with van der Waals surface area (Å²) in [4.78, 5) is 71.9. The first kappa shape index (κ1) is 49.0. The third-order valence-electron chi connectivity index (χ3n) is 11.0. The normalized spacial score (nSPS) is 16.0. The molecular formula is C49H66N4O7S. The van der Waals surface area contributed by atoms with Gasteiger partial charge in [-0.2, -0.15) is 0 Å². The molecule has 0 bridgehead atoms. The second-order valence-electron chi connectivity index (χ2n) is 17.4. The lowest BCUT2D eigenvalue weighted by molar-refractivity contribution is -0.160. The van der Waals surface area contributed by atoms with E-state index < -0.39 is 39.9 Å². The van der Waals surface area contributed by atoms with Crippen LogP contribution in [0.15, 0.2) is 96.0 Å². The average Bonchev–Trinajstić information content (AvgIpc) is 3.21. The molecule has 0 saturated carbocycles. The van der Waals surface area contributed by atoms with E-state index in [-0.39, 0.29) is 67.4 Å². The molecule has 4 rings (SSSR count). The van der Waals surface area contributed by atoms with Gasteiger partial charge in [-0.05, 0) is 77.0 Å². The Labute approximate surface area is 366 Å². The van der Waals surface area contributed by atoms with Crippen molar-refractivity contribution in [2.24, 2.45) is 22.6 Å². The van der Waals surface area contributed by atoms with Crippen LogP contribution in [0, 0.1) is 11.8 Å². The maximum Gasteiger partial charge on any atom is 0.310 e. The molecule has 3 aromatic rings. The van der Waals surface area contributed by atoms with Crippen LogP contribution in [0.2, 0.25) is 0 Å². The van der Waals surface area contributed by atoms with Crippen LogP contribution in [0.5, 0.6) is 0 Å². The molecule has 0 unspecified atom stereocenters. The van der Waals surface area contributed by atoms with Gasteiger partial charge in [-0.3, -0.25) is 34.3 Å². The highest BCUT2D eigenvalue weighted by Crippen LogP contribution is 2.49. The number of nitrogens with two attached hydrogens (primary N) is 1. The molecule has 330 valence electrons. The summed E-state index contributed by atoms with van der Waals surface area (Å²) in [5.41, 5.74) is 7.44. The Morgan fingerprint density at radius 2 is 1.38 bits per heavy atom. The molecule has 4 atom stereocenters. The molecule has 0 aromatic heterocycles. The van der Waals surface area contributed by atoms with E-state index in [0.717, 1.165) is 16.7 Å². The Morgan fingerprint density at radius 3 is 1.82 bits per heavy atom.